The first-order chi connectivity index (χ1) is 9.74. The molecule has 2 atom stereocenters. The van der Waals surface area contributed by atoms with E-state index in [1.807, 2.05) is 42.5 Å². The fourth-order valence-corrected chi connectivity index (χ4v) is 2.77. The van der Waals surface area contributed by atoms with Crippen LogP contribution in [0.5, 0.6) is 0 Å². The summed E-state index contributed by atoms with van der Waals surface area (Å²) in [5, 5.41) is 13.2. The van der Waals surface area contributed by atoms with Gasteiger partial charge in [-0.05, 0) is 29.7 Å². The molecule has 0 amide bonds. The van der Waals surface area contributed by atoms with Gasteiger partial charge in [0.1, 0.15) is 0 Å². The number of nitrogens with one attached hydrogen (secondary N) is 1. The predicted molar refractivity (Wildman–Crippen MR) is 86.6 cm³/mol. The molecule has 106 valence electrons. The second kappa shape index (κ2) is 7.58. The van der Waals surface area contributed by atoms with Gasteiger partial charge in [-0.3, -0.25) is 0 Å². The van der Waals surface area contributed by atoms with Gasteiger partial charge in [0.05, 0.1) is 12.6 Å². The van der Waals surface area contributed by atoms with Crippen molar-refractivity contribution in [3.63, 3.8) is 0 Å². The lowest BCUT2D eigenvalue weighted by Crippen LogP contribution is -2.28. The summed E-state index contributed by atoms with van der Waals surface area (Å²) in [5.74, 6) is 0. The molecule has 0 aromatic heterocycles. The fourth-order valence-electron chi connectivity index (χ4n) is 2.36. The zero-order chi connectivity index (χ0) is 14.4. The maximum Gasteiger partial charge on any atom is 0.0626 e. The number of hydrogen-bond acceptors (Lipinski definition) is 2. The molecule has 1 unspecified atom stereocenters. The first-order valence-electron chi connectivity index (χ1n) is 6.92. The largest absolute Gasteiger partial charge is 0.394 e. The molecule has 0 radical (unpaired) electrons. The average Bonchev–Trinajstić information content (AvgIpc) is 2.49. The highest BCUT2D eigenvalue weighted by atomic mass is 79.9. The van der Waals surface area contributed by atoms with Crippen LogP contribution in [-0.4, -0.2) is 11.7 Å². The van der Waals surface area contributed by atoms with E-state index in [0.29, 0.717) is 0 Å². The van der Waals surface area contributed by atoms with Crippen molar-refractivity contribution in [1.29, 1.82) is 0 Å². The van der Waals surface area contributed by atoms with Crippen molar-refractivity contribution >= 4 is 15.9 Å². The summed E-state index contributed by atoms with van der Waals surface area (Å²) in [5.41, 5.74) is 2.35. The molecule has 0 fully saturated rings. The van der Waals surface area contributed by atoms with Crippen molar-refractivity contribution in [3.05, 3.63) is 70.2 Å². The van der Waals surface area contributed by atoms with Gasteiger partial charge in [-0.1, -0.05) is 65.3 Å². The van der Waals surface area contributed by atoms with Crippen LogP contribution in [-0.2, 0) is 0 Å². The van der Waals surface area contributed by atoms with Gasteiger partial charge in [0.2, 0.25) is 0 Å². The highest BCUT2D eigenvalue weighted by Gasteiger charge is 2.16. The third-order valence-corrected chi connectivity index (χ3v) is 3.94. The quantitative estimate of drug-likeness (QED) is 0.829. The Morgan fingerprint density at radius 3 is 2.30 bits per heavy atom. The Morgan fingerprint density at radius 2 is 1.70 bits per heavy atom. The smallest absolute Gasteiger partial charge is 0.0626 e. The van der Waals surface area contributed by atoms with Crippen molar-refractivity contribution in [1.82, 2.24) is 5.32 Å². The number of aliphatic hydroxyl groups excluding tert-OH is 1. The summed E-state index contributed by atoms with van der Waals surface area (Å²) in [6, 6.07) is 18.6. The molecule has 0 spiro atoms. The lowest BCUT2D eigenvalue weighted by molar-refractivity contribution is 0.232. The summed E-state index contributed by atoms with van der Waals surface area (Å²) < 4.78 is 1.08. The van der Waals surface area contributed by atoms with Crippen molar-refractivity contribution in [3.8, 4) is 0 Å². The molecule has 2 aromatic rings. The normalized spacial score (nSPS) is 13.9. The molecule has 0 heterocycles. The highest BCUT2D eigenvalue weighted by molar-refractivity contribution is 9.10. The Morgan fingerprint density at radius 1 is 1.00 bits per heavy atom. The number of hydrogen-bond donors (Lipinski definition) is 2. The summed E-state index contributed by atoms with van der Waals surface area (Å²) in [6.45, 7) is 2.24. The van der Waals surface area contributed by atoms with E-state index in [9.17, 15) is 5.11 Å². The van der Waals surface area contributed by atoms with Crippen LogP contribution >= 0.6 is 15.9 Å². The van der Waals surface area contributed by atoms with Crippen molar-refractivity contribution in [2.75, 3.05) is 6.61 Å². The number of rotatable bonds is 6. The molecule has 2 nitrogen and oxygen atoms in total. The number of benzene rings is 2. The van der Waals surface area contributed by atoms with Gasteiger partial charge in [0, 0.05) is 10.5 Å². The zero-order valence-corrected chi connectivity index (χ0v) is 13.2. The predicted octanol–water partition coefficient (Wildman–Crippen LogP) is 4.22. The van der Waals surface area contributed by atoms with Crippen molar-refractivity contribution in [2.24, 2.45) is 0 Å². The van der Waals surface area contributed by atoms with Crippen LogP contribution in [0.2, 0.25) is 0 Å². The highest BCUT2D eigenvalue weighted by Crippen LogP contribution is 2.24. The molecule has 0 bridgehead atoms. The zero-order valence-electron chi connectivity index (χ0n) is 11.6. The Hall–Kier alpha value is -1.16. The van der Waals surface area contributed by atoms with Crippen LogP contribution in [0.25, 0.3) is 0 Å². The average molecular weight is 334 g/mol. The Bertz CT molecular complexity index is 530. The molecule has 0 aliphatic heterocycles. The third kappa shape index (κ3) is 3.92. The van der Waals surface area contributed by atoms with Gasteiger partial charge in [-0.25, -0.2) is 0 Å². The van der Waals surface area contributed by atoms with Crippen molar-refractivity contribution < 1.29 is 5.11 Å². The minimum absolute atomic E-state index is 0.0415. The lowest BCUT2D eigenvalue weighted by atomic mass is 10.0. The topological polar surface area (TPSA) is 32.3 Å². The van der Waals surface area contributed by atoms with Gasteiger partial charge >= 0.3 is 0 Å². The maximum absolute atomic E-state index is 9.65. The van der Waals surface area contributed by atoms with Gasteiger partial charge in [0.25, 0.3) is 0 Å². The minimum atomic E-state index is -0.0415. The summed E-state index contributed by atoms with van der Waals surface area (Å²) >= 11 is 3.51. The molecule has 2 N–H and O–H groups in total. The van der Waals surface area contributed by atoms with Gasteiger partial charge in [-0.15, -0.1) is 0 Å². The molecule has 0 saturated carbocycles. The van der Waals surface area contributed by atoms with E-state index in [0.717, 1.165) is 16.5 Å². The molecule has 2 aromatic carbocycles. The second-order valence-electron chi connectivity index (χ2n) is 4.83. The maximum atomic E-state index is 9.65. The molecule has 0 saturated heterocycles. The monoisotopic (exact) mass is 333 g/mol. The van der Waals surface area contributed by atoms with E-state index in [1.54, 1.807) is 0 Å². The van der Waals surface area contributed by atoms with E-state index in [4.69, 9.17) is 0 Å². The number of aliphatic hydroxyl groups is 1. The van der Waals surface area contributed by atoms with Crippen molar-refractivity contribution in [2.45, 2.75) is 25.4 Å². The first kappa shape index (κ1) is 15.2. The fraction of sp³-hybridized carbons (Fsp3) is 0.294. The summed E-state index contributed by atoms with van der Waals surface area (Å²) in [4.78, 5) is 0. The Kier molecular flexibility index (Phi) is 5.77. The molecular formula is C17H20BrNO. The van der Waals surface area contributed by atoms with Crippen LogP contribution in [0.1, 0.15) is 36.6 Å². The van der Waals surface area contributed by atoms with Gasteiger partial charge < -0.3 is 10.4 Å². The van der Waals surface area contributed by atoms with Crippen LogP contribution < -0.4 is 5.32 Å². The Labute approximate surface area is 129 Å². The van der Waals surface area contributed by atoms with Crippen LogP contribution in [0.15, 0.2) is 59.1 Å². The minimum Gasteiger partial charge on any atom is -0.394 e. The molecule has 2 rings (SSSR count). The van der Waals surface area contributed by atoms with Gasteiger partial charge in [-0.2, -0.15) is 0 Å². The summed E-state index contributed by atoms with van der Waals surface area (Å²) in [6.07, 6.45) is 0.972. The van der Waals surface area contributed by atoms with Gasteiger partial charge in [0.15, 0.2) is 0 Å². The SMILES string of the molecule is CCC(N[C@H](CO)c1ccccc1)c1cccc(Br)c1. The molecule has 3 heteroatoms. The van der Waals surface area contributed by atoms with Crippen LogP contribution in [0, 0.1) is 0 Å². The van der Waals surface area contributed by atoms with E-state index in [2.05, 4.69) is 40.3 Å². The molecule has 0 aliphatic rings. The van der Waals surface area contributed by atoms with E-state index >= 15 is 0 Å². The Balaban J connectivity index is 2.16. The van der Waals surface area contributed by atoms with Crippen LogP contribution in [0.4, 0.5) is 0 Å². The third-order valence-electron chi connectivity index (χ3n) is 3.45. The number of halogens is 1. The first-order valence-corrected chi connectivity index (χ1v) is 7.71. The standard InChI is InChI=1S/C17H20BrNO/c1-2-16(14-9-6-10-15(18)11-14)19-17(12-20)13-7-4-3-5-8-13/h3-11,16-17,19-20H,2,12H2,1H3/t16?,17-/m1/s1. The molecule has 0 aliphatic carbocycles. The van der Waals surface area contributed by atoms with E-state index in [-0.39, 0.29) is 18.7 Å². The van der Waals surface area contributed by atoms with Crippen LogP contribution in [0.3, 0.4) is 0 Å². The van der Waals surface area contributed by atoms with E-state index < -0.39 is 0 Å². The molecule has 20 heavy (non-hydrogen) atoms. The molecular weight excluding hydrogens is 314 g/mol. The lowest BCUT2D eigenvalue weighted by Gasteiger charge is -2.24. The summed E-state index contributed by atoms with van der Waals surface area (Å²) in [7, 11) is 0. The van der Waals surface area contributed by atoms with E-state index in [1.165, 1.54) is 5.56 Å². The second-order valence-corrected chi connectivity index (χ2v) is 5.74.